The van der Waals surface area contributed by atoms with Gasteiger partial charge in [0.15, 0.2) is 0 Å². The standard InChI is InChI=1S/C23H27FN4O3/c1-16-4-7-25-21(10-16)31-15-18-11-22(29)28(14-18)13-17-5-8-27(9-6-17)23(30)20-3-2-19(24)12-26-20/h2-4,7,10,12,17-18H,5-6,8-9,11,13-15H2,1H3. The van der Waals surface area contributed by atoms with Crippen LogP contribution in [-0.2, 0) is 4.79 Å². The summed E-state index contributed by atoms with van der Waals surface area (Å²) in [6, 6.07) is 6.48. The molecule has 0 saturated carbocycles. The first-order valence-electron chi connectivity index (χ1n) is 10.7. The molecule has 4 rings (SSSR count). The van der Waals surface area contributed by atoms with Crippen LogP contribution in [0.15, 0.2) is 36.7 Å². The first-order chi connectivity index (χ1) is 15.0. The van der Waals surface area contributed by atoms with Crippen molar-refractivity contribution < 1.29 is 18.7 Å². The summed E-state index contributed by atoms with van der Waals surface area (Å²) in [5.74, 6) is 0.675. The normalized spacial score (nSPS) is 19.7. The Hall–Kier alpha value is -3.03. The first kappa shape index (κ1) is 21.2. The molecule has 8 heteroatoms. The fraction of sp³-hybridized carbons (Fsp3) is 0.478. The van der Waals surface area contributed by atoms with Gasteiger partial charge in [0.1, 0.15) is 11.5 Å². The Morgan fingerprint density at radius 1 is 1.19 bits per heavy atom. The molecule has 0 aromatic carbocycles. The minimum Gasteiger partial charge on any atom is -0.477 e. The van der Waals surface area contributed by atoms with E-state index in [1.807, 2.05) is 24.0 Å². The molecule has 0 bridgehead atoms. The van der Waals surface area contributed by atoms with Crippen LogP contribution in [0.4, 0.5) is 4.39 Å². The fourth-order valence-electron chi connectivity index (χ4n) is 4.23. The lowest BCUT2D eigenvalue weighted by atomic mass is 9.96. The highest BCUT2D eigenvalue weighted by atomic mass is 19.1. The Bertz CT molecular complexity index is 929. The molecule has 4 heterocycles. The van der Waals surface area contributed by atoms with E-state index in [0.717, 1.165) is 31.1 Å². The number of hydrogen-bond donors (Lipinski definition) is 0. The van der Waals surface area contributed by atoms with Crippen molar-refractivity contribution in [2.45, 2.75) is 26.2 Å². The van der Waals surface area contributed by atoms with Gasteiger partial charge in [-0.3, -0.25) is 9.59 Å². The summed E-state index contributed by atoms with van der Waals surface area (Å²) in [4.78, 5) is 36.8. The smallest absolute Gasteiger partial charge is 0.272 e. The van der Waals surface area contributed by atoms with Gasteiger partial charge in [-0.05, 0) is 49.4 Å². The lowest BCUT2D eigenvalue weighted by Gasteiger charge is -2.33. The summed E-state index contributed by atoms with van der Waals surface area (Å²) < 4.78 is 18.8. The number of likely N-dealkylation sites (tertiary alicyclic amines) is 2. The van der Waals surface area contributed by atoms with Crippen LogP contribution in [0.5, 0.6) is 5.88 Å². The minimum atomic E-state index is -0.454. The Balaban J connectivity index is 1.22. The van der Waals surface area contributed by atoms with Crippen molar-refractivity contribution in [1.82, 2.24) is 19.8 Å². The molecule has 0 aliphatic carbocycles. The molecule has 2 aliphatic heterocycles. The molecule has 1 unspecified atom stereocenters. The maximum absolute atomic E-state index is 13.0. The lowest BCUT2D eigenvalue weighted by molar-refractivity contribution is -0.128. The highest BCUT2D eigenvalue weighted by molar-refractivity contribution is 5.92. The number of carbonyl (C=O) groups excluding carboxylic acids is 2. The van der Waals surface area contributed by atoms with Crippen LogP contribution in [0.3, 0.4) is 0 Å². The number of piperidine rings is 1. The molecular weight excluding hydrogens is 399 g/mol. The van der Waals surface area contributed by atoms with Crippen LogP contribution in [0.1, 0.15) is 35.3 Å². The number of aromatic nitrogens is 2. The van der Waals surface area contributed by atoms with E-state index in [1.54, 1.807) is 11.1 Å². The molecule has 2 aliphatic rings. The molecular formula is C23H27FN4O3. The predicted octanol–water partition coefficient (Wildman–Crippen LogP) is 2.70. The van der Waals surface area contributed by atoms with Crippen LogP contribution < -0.4 is 4.74 Å². The molecule has 0 N–H and O–H groups in total. The van der Waals surface area contributed by atoms with Gasteiger partial charge < -0.3 is 14.5 Å². The van der Waals surface area contributed by atoms with E-state index in [-0.39, 0.29) is 23.4 Å². The summed E-state index contributed by atoms with van der Waals surface area (Å²) in [6.45, 7) is 5.13. The maximum atomic E-state index is 13.0. The van der Waals surface area contributed by atoms with E-state index in [2.05, 4.69) is 9.97 Å². The van der Waals surface area contributed by atoms with Crippen molar-refractivity contribution in [3.63, 3.8) is 0 Å². The number of hydrogen-bond acceptors (Lipinski definition) is 5. The van der Waals surface area contributed by atoms with Gasteiger partial charge in [-0.25, -0.2) is 14.4 Å². The second kappa shape index (κ2) is 9.41. The maximum Gasteiger partial charge on any atom is 0.272 e. The van der Waals surface area contributed by atoms with Crippen molar-refractivity contribution in [1.29, 1.82) is 0 Å². The summed E-state index contributed by atoms with van der Waals surface area (Å²) in [5, 5.41) is 0. The molecule has 0 radical (unpaired) electrons. The third-order valence-corrected chi connectivity index (χ3v) is 5.98. The second-order valence-corrected chi connectivity index (χ2v) is 8.45. The van der Waals surface area contributed by atoms with Gasteiger partial charge in [-0.1, -0.05) is 0 Å². The van der Waals surface area contributed by atoms with Gasteiger partial charge in [-0.2, -0.15) is 0 Å². The fourth-order valence-corrected chi connectivity index (χ4v) is 4.23. The largest absolute Gasteiger partial charge is 0.477 e. The molecule has 1 atom stereocenters. The van der Waals surface area contributed by atoms with Gasteiger partial charge in [0.2, 0.25) is 11.8 Å². The zero-order valence-electron chi connectivity index (χ0n) is 17.7. The summed E-state index contributed by atoms with van der Waals surface area (Å²) >= 11 is 0. The van der Waals surface area contributed by atoms with E-state index >= 15 is 0 Å². The van der Waals surface area contributed by atoms with Crippen LogP contribution in [0, 0.1) is 24.6 Å². The third-order valence-electron chi connectivity index (χ3n) is 5.98. The molecule has 7 nitrogen and oxygen atoms in total. The Morgan fingerprint density at radius 3 is 2.71 bits per heavy atom. The Morgan fingerprint density at radius 2 is 2.00 bits per heavy atom. The average Bonchev–Trinajstić information content (AvgIpc) is 3.12. The zero-order valence-corrected chi connectivity index (χ0v) is 17.7. The van der Waals surface area contributed by atoms with E-state index in [4.69, 9.17) is 4.74 Å². The van der Waals surface area contributed by atoms with Gasteiger partial charge in [0.05, 0.1) is 12.8 Å². The molecule has 2 saturated heterocycles. The monoisotopic (exact) mass is 426 g/mol. The Kier molecular flexibility index (Phi) is 6.44. The number of aryl methyl sites for hydroxylation is 1. The predicted molar refractivity (Wildman–Crippen MR) is 112 cm³/mol. The second-order valence-electron chi connectivity index (χ2n) is 8.45. The molecule has 31 heavy (non-hydrogen) atoms. The molecule has 0 spiro atoms. The van der Waals surface area contributed by atoms with E-state index < -0.39 is 5.82 Å². The van der Waals surface area contributed by atoms with Gasteiger partial charge in [0, 0.05) is 50.8 Å². The van der Waals surface area contributed by atoms with Crippen LogP contribution in [0.25, 0.3) is 0 Å². The summed E-state index contributed by atoms with van der Waals surface area (Å²) in [5.41, 5.74) is 1.36. The number of halogens is 1. The summed E-state index contributed by atoms with van der Waals surface area (Å²) in [7, 11) is 0. The van der Waals surface area contributed by atoms with E-state index in [0.29, 0.717) is 44.5 Å². The lowest BCUT2D eigenvalue weighted by Crippen LogP contribution is -2.42. The van der Waals surface area contributed by atoms with Gasteiger partial charge >= 0.3 is 0 Å². The number of nitrogens with zero attached hydrogens (tertiary/aromatic N) is 4. The van der Waals surface area contributed by atoms with Crippen molar-refractivity contribution in [3.8, 4) is 5.88 Å². The van der Waals surface area contributed by atoms with Crippen LogP contribution in [-0.4, -0.2) is 64.4 Å². The first-order valence-corrected chi connectivity index (χ1v) is 10.7. The molecule has 2 fully saturated rings. The van der Waals surface area contributed by atoms with Crippen molar-refractivity contribution in [3.05, 3.63) is 53.7 Å². The van der Waals surface area contributed by atoms with Gasteiger partial charge in [0.25, 0.3) is 5.91 Å². The SMILES string of the molecule is Cc1ccnc(OCC2CC(=O)N(CC3CCN(C(=O)c4ccc(F)cn4)CC3)C2)c1. The molecule has 2 aromatic heterocycles. The number of rotatable bonds is 6. The average molecular weight is 426 g/mol. The van der Waals surface area contributed by atoms with Crippen molar-refractivity contribution in [2.24, 2.45) is 11.8 Å². The Labute approximate surface area is 181 Å². The van der Waals surface area contributed by atoms with Crippen LogP contribution >= 0.6 is 0 Å². The summed E-state index contributed by atoms with van der Waals surface area (Å²) in [6.07, 6.45) is 4.96. The quantitative estimate of drug-likeness (QED) is 0.710. The van der Waals surface area contributed by atoms with Crippen molar-refractivity contribution in [2.75, 3.05) is 32.8 Å². The molecule has 2 amide bonds. The molecule has 164 valence electrons. The minimum absolute atomic E-state index is 0.166. The van der Waals surface area contributed by atoms with Crippen molar-refractivity contribution >= 4 is 11.8 Å². The highest BCUT2D eigenvalue weighted by Crippen LogP contribution is 2.25. The van der Waals surface area contributed by atoms with E-state index in [1.165, 1.54) is 12.1 Å². The number of pyridine rings is 2. The van der Waals surface area contributed by atoms with E-state index in [9.17, 15) is 14.0 Å². The highest BCUT2D eigenvalue weighted by Gasteiger charge is 2.33. The van der Waals surface area contributed by atoms with Gasteiger partial charge in [-0.15, -0.1) is 0 Å². The molecule has 2 aromatic rings. The topological polar surface area (TPSA) is 75.6 Å². The number of carbonyl (C=O) groups is 2. The third kappa shape index (κ3) is 5.37. The number of amides is 2. The van der Waals surface area contributed by atoms with Crippen LogP contribution in [0.2, 0.25) is 0 Å². The zero-order chi connectivity index (χ0) is 21.8. The number of ether oxygens (including phenoxy) is 1.